The Morgan fingerprint density at radius 3 is 2.31 bits per heavy atom. The van der Waals surface area contributed by atoms with Gasteiger partial charge in [-0.25, -0.2) is 13.8 Å². The number of amides is 2. The highest BCUT2D eigenvalue weighted by molar-refractivity contribution is 6.01. The molecule has 0 spiro atoms. The second-order valence-electron chi connectivity index (χ2n) is 7.33. The van der Waals surface area contributed by atoms with Crippen molar-refractivity contribution in [3.05, 3.63) is 95.3 Å². The van der Waals surface area contributed by atoms with Crippen LogP contribution < -0.4 is 10.6 Å². The smallest absolute Gasteiger partial charge is 0.257 e. The summed E-state index contributed by atoms with van der Waals surface area (Å²) in [7, 11) is 0. The normalized spacial score (nSPS) is 11.3. The fraction of sp³-hybridized carbons (Fsp3) is 0.160. The minimum atomic E-state index is -1.01. The number of benzene rings is 2. The number of anilines is 1. The maximum atomic E-state index is 13.9. The third-order valence-corrected chi connectivity index (χ3v) is 4.56. The van der Waals surface area contributed by atoms with Crippen molar-refractivity contribution in [3.8, 4) is 11.8 Å². The third kappa shape index (κ3) is 5.76. The van der Waals surface area contributed by atoms with Crippen molar-refractivity contribution >= 4 is 17.5 Å². The standard InChI is InChI=1S/C25H21F2N3O2/c1-16(2)23(30-24(31)22-20(26)10-6-11-21(22)27)25(32)29-19-9-5-7-17(15-19)12-13-18-8-3-4-14-28-18/h3-11,14-16,23H,1-2H3,(H,29,32)(H,30,31). The van der Waals surface area contributed by atoms with Crippen molar-refractivity contribution in [2.75, 3.05) is 5.32 Å². The number of aromatic nitrogens is 1. The second-order valence-corrected chi connectivity index (χ2v) is 7.33. The quantitative estimate of drug-likeness (QED) is 0.594. The van der Waals surface area contributed by atoms with E-state index in [9.17, 15) is 18.4 Å². The number of hydrogen-bond acceptors (Lipinski definition) is 3. The van der Waals surface area contributed by atoms with Gasteiger partial charge >= 0.3 is 0 Å². The molecule has 0 aliphatic heterocycles. The first-order valence-corrected chi connectivity index (χ1v) is 9.94. The van der Waals surface area contributed by atoms with E-state index < -0.39 is 35.1 Å². The largest absolute Gasteiger partial charge is 0.340 e. The van der Waals surface area contributed by atoms with Crippen molar-refractivity contribution in [1.82, 2.24) is 10.3 Å². The third-order valence-electron chi connectivity index (χ3n) is 4.56. The molecule has 2 aromatic carbocycles. The van der Waals surface area contributed by atoms with Crippen LogP contribution in [-0.2, 0) is 4.79 Å². The molecule has 0 aliphatic rings. The molecule has 162 valence electrons. The lowest BCUT2D eigenvalue weighted by Crippen LogP contribution is -2.47. The Morgan fingerprint density at radius 1 is 0.938 bits per heavy atom. The first-order valence-electron chi connectivity index (χ1n) is 9.94. The number of rotatable bonds is 5. The van der Waals surface area contributed by atoms with Crippen LogP contribution in [-0.4, -0.2) is 22.8 Å². The zero-order valence-electron chi connectivity index (χ0n) is 17.5. The fourth-order valence-electron chi connectivity index (χ4n) is 2.93. The number of pyridine rings is 1. The molecule has 2 amide bonds. The highest BCUT2D eigenvalue weighted by atomic mass is 19.1. The minimum absolute atomic E-state index is 0.332. The Balaban J connectivity index is 1.74. The molecule has 7 heteroatoms. The van der Waals surface area contributed by atoms with Gasteiger partial charge in [-0.2, -0.15) is 0 Å². The zero-order chi connectivity index (χ0) is 23.1. The Hall–Kier alpha value is -4.05. The monoisotopic (exact) mass is 433 g/mol. The van der Waals surface area contributed by atoms with Gasteiger partial charge in [-0.05, 0) is 54.3 Å². The zero-order valence-corrected chi connectivity index (χ0v) is 17.5. The van der Waals surface area contributed by atoms with Crippen LogP contribution in [0.1, 0.15) is 35.5 Å². The first-order chi connectivity index (χ1) is 15.3. The summed E-state index contributed by atoms with van der Waals surface area (Å²) in [5.74, 6) is 2.08. The summed E-state index contributed by atoms with van der Waals surface area (Å²) in [4.78, 5) is 29.4. The van der Waals surface area contributed by atoms with E-state index in [1.165, 1.54) is 0 Å². The molecule has 0 radical (unpaired) electrons. The molecule has 0 saturated carbocycles. The highest BCUT2D eigenvalue weighted by Gasteiger charge is 2.27. The van der Waals surface area contributed by atoms with Crippen LogP contribution in [0.25, 0.3) is 0 Å². The van der Waals surface area contributed by atoms with E-state index in [1.54, 1.807) is 56.4 Å². The van der Waals surface area contributed by atoms with Gasteiger partial charge in [0.25, 0.3) is 5.91 Å². The van der Waals surface area contributed by atoms with Gasteiger partial charge in [0.05, 0.1) is 0 Å². The fourth-order valence-corrected chi connectivity index (χ4v) is 2.93. The molecule has 0 saturated heterocycles. The Kier molecular flexibility index (Phi) is 7.29. The van der Waals surface area contributed by atoms with E-state index >= 15 is 0 Å². The van der Waals surface area contributed by atoms with E-state index in [1.807, 2.05) is 6.07 Å². The minimum Gasteiger partial charge on any atom is -0.340 e. The van der Waals surface area contributed by atoms with Crippen molar-refractivity contribution in [3.63, 3.8) is 0 Å². The van der Waals surface area contributed by atoms with Gasteiger partial charge in [-0.15, -0.1) is 0 Å². The summed E-state index contributed by atoms with van der Waals surface area (Å²) in [5.41, 5.74) is 1.02. The summed E-state index contributed by atoms with van der Waals surface area (Å²) in [5, 5.41) is 5.15. The van der Waals surface area contributed by atoms with Gasteiger partial charge in [0.15, 0.2) is 0 Å². The van der Waals surface area contributed by atoms with Crippen molar-refractivity contribution in [2.45, 2.75) is 19.9 Å². The number of nitrogens with one attached hydrogen (secondary N) is 2. The Labute approximate surface area is 184 Å². The summed E-state index contributed by atoms with van der Waals surface area (Å²) in [6.45, 7) is 3.44. The Morgan fingerprint density at radius 2 is 1.66 bits per heavy atom. The molecule has 3 rings (SSSR count). The molecule has 1 heterocycles. The van der Waals surface area contributed by atoms with Gasteiger partial charge in [0.2, 0.25) is 5.91 Å². The highest BCUT2D eigenvalue weighted by Crippen LogP contribution is 2.15. The molecule has 0 bridgehead atoms. The molecular weight excluding hydrogens is 412 g/mol. The van der Waals surface area contributed by atoms with Crippen LogP contribution in [0.4, 0.5) is 14.5 Å². The van der Waals surface area contributed by atoms with Gasteiger partial charge < -0.3 is 10.6 Å². The molecule has 1 unspecified atom stereocenters. The summed E-state index contributed by atoms with van der Waals surface area (Å²) in [6, 6.07) is 14.4. The molecule has 2 N–H and O–H groups in total. The van der Waals surface area contributed by atoms with E-state index in [4.69, 9.17) is 0 Å². The van der Waals surface area contributed by atoms with Gasteiger partial charge in [0.1, 0.15) is 28.9 Å². The van der Waals surface area contributed by atoms with Crippen LogP contribution in [0.5, 0.6) is 0 Å². The molecule has 32 heavy (non-hydrogen) atoms. The lowest BCUT2D eigenvalue weighted by atomic mass is 10.0. The summed E-state index contributed by atoms with van der Waals surface area (Å²) in [6.07, 6.45) is 1.65. The average Bonchev–Trinajstić information content (AvgIpc) is 2.76. The number of hydrogen-bond donors (Lipinski definition) is 2. The maximum Gasteiger partial charge on any atom is 0.257 e. The molecule has 1 aromatic heterocycles. The predicted octanol–water partition coefficient (Wildman–Crippen LogP) is 4.15. The number of carbonyl (C=O) groups is 2. The lowest BCUT2D eigenvalue weighted by molar-refractivity contribution is -0.118. The number of halogens is 2. The predicted molar refractivity (Wildman–Crippen MR) is 118 cm³/mol. The average molecular weight is 433 g/mol. The second kappa shape index (κ2) is 10.3. The molecular formula is C25H21F2N3O2. The van der Waals surface area contributed by atoms with Crippen molar-refractivity contribution in [2.24, 2.45) is 5.92 Å². The topological polar surface area (TPSA) is 71.1 Å². The SMILES string of the molecule is CC(C)C(NC(=O)c1c(F)cccc1F)C(=O)Nc1cccc(C#Cc2ccccn2)c1. The first kappa shape index (κ1) is 22.6. The molecule has 0 fully saturated rings. The van der Waals surface area contributed by atoms with E-state index in [2.05, 4.69) is 27.5 Å². The summed E-state index contributed by atoms with van der Waals surface area (Å²) < 4.78 is 27.8. The van der Waals surface area contributed by atoms with Crippen LogP contribution in [0.3, 0.4) is 0 Å². The van der Waals surface area contributed by atoms with Crippen molar-refractivity contribution in [1.29, 1.82) is 0 Å². The molecule has 0 aliphatic carbocycles. The van der Waals surface area contributed by atoms with Crippen LogP contribution in [0.2, 0.25) is 0 Å². The van der Waals surface area contributed by atoms with Gasteiger partial charge in [-0.3, -0.25) is 9.59 Å². The van der Waals surface area contributed by atoms with E-state index in [-0.39, 0.29) is 5.92 Å². The maximum absolute atomic E-state index is 13.9. The van der Waals surface area contributed by atoms with Crippen LogP contribution in [0.15, 0.2) is 66.9 Å². The molecule has 3 aromatic rings. The Bertz CT molecular complexity index is 1160. The van der Waals surface area contributed by atoms with Gasteiger partial charge in [0, 0.05) is 17.4 Å². The van der Waals surface area contributed by atoms with Crippen LogP contribution in [0, 0.1) is 29.4 Å². The summed E-state index contributed by atoms with van der Waals surface area (Å²) >= 11 is 0. The molecule has 5 nitrogen and oxygen atoms in total. The molecule has 1 atom stereocenters. The van der Waals surface area contributed by atoms with Crippen molar-refractivity contribution < 1.29 is 18.4 Å². The van der Waals surface area contributed by atoms with E-state index in [0.717, 1.165) is 18.2 Å². The number of carbonyl (C=O) groups excluding carboxylic acids is 2. The number of nitrogens with zero attached hydrogens (tertiary/aromatic N) is 1. The van der Waals surface area contributed by atoms with Gasteiger partial charge in [-0.1, -0.05) is 38.0 Å². The lowest BCUT2D eigenvalue weighted by Gasteiger charge is -2.22. The van der Waals surface area contributed by atoms with E-state index in [0.29, 0.717) is 16.9 Å². The van der Waals surface area contributed by atoms with Crippen LogP contribution >= 0.6 is 0 Å².